The Morgan fingerprint density at radius 2 is 1.92 bits per heavy atom. The van der Waals surface area contributed by atoms with Crippen molar-refractivity contribution in [2.45, 2.75) is 18.7 Å². The Kier molecular flexibility index (Phi) is 5.03. The summed E-state index contributed by atoms with van der Waals surface area (Å²) in [6.45, 7) is 3.40. The number of hydrogen-bond donors (Lipinski definition) is 1. The number of aryl methyl sites for hydroxylation is 1. The number of anilines is 1. The molecule has 2 heterocycles. The summed E-state index contributed by atoms with van der Waals surface area (Å²) >= 11 is 2.93. The molecule has 25 heavy (non-hydrogen) atoms. The van der Waals surface area contributed by atoms with Crippen LogP contribution in [0.3, 0.4) is 0 Å². The predicted molar refractivity (Wildman–Crippen MR) is 102 cm³/mol. The van der Waals surface area contributed by atoms with Gasteiger partial charge in [-0.3, -0.25) is 4.79 Å². The van der Waals surface area contributed by atoms with Crippen molar-refractivity contribution in [3.05, 3.63) is 51.7 Å². The van der Waals surface area contributed by atoms with Gasteiger partial charge in [0.25, 0.3) is 5.91 Å². The lowest BCUT2D eigenvalue weighted by Gasteiger charge is -2.06. The van der Waals surface area contributed by atoms with Crippen molar-refractivity contribution in [1.82, 2.24) is 4.98 Å². The van der Waals surface area contributed by atoms with Crippen molar-refractivity contribution in [2.24, 2.45) is 0 Å². The second-order valence-electron chi connectivity index (χ2n) is 5.33. The van der Waals surface area contributed by atoms with Crippen molar-refractivity contribution in [3.8, 4) is 10.6 Å². The maximum absolute atomic E-state index is 12.5. The summed E-state index contributed by atoms with van der Waals surface area (Å²) in [5.74, 6) is -0.202. The van der Waals surface area contributed by atoms with E-state index in [1.165, 1.54) is 23.5 Å². The number of hydrogen-bond acceptors (Lipinski definition) is 6. The number of benzene rings is 1. The van der Waals surface area contributed by atoms with Crippen LogP contribution in [-0.2, 0) is 9.84 Å². The first-order chi connectivity index (χ1) is 11.9. The van der Waals surface area contributed by atoms with Crippen LogP contribution >= 0.6 is 22.7 Å². The first-order valence-electron chi connectivity index (χ1n) is 7.55. The Morgan fingerprint density at radius 3 is 2.52 bits per heavy atom. The van der Waals surface area contributed by atoms with Gasteiger partial charge in [-0.15, -0.1) is 11.3 Å². The molecule has 0 unspecified atom stereocenters. The summed E-state index contributed by atoms with van der Waals surface area (Å²) < 4.78 is 23.6. The van der Waals surface area contributed by atoms with Gasteiger partial charge in [-0.1, -0.05) is 6.92 Å². The number of sulfone groups is 1. The van der Waals surface area contributed by atoms with Gasteiger partial charge in [0, 0.05) is 16.6 Å². The largest absolute Gasteiger partial charge is 0.321 e. The Labute approximate surface area is 154 Å². The fraction of sp³-hybridized carbons (Fsp3) is 0.176. The van der Waals surface area contributed by atoms with E-state index in [-0.39, 0.29) is 16.6 Å². The summed E-state index contributed by atoms with van der Waals surface area (Å²) in [7, 11) is -3.24. The maximum Gasteiger partial charge on any atom is 0.267 e. The van der Waals surface area contributed by atoms with Crippen molar-refractivity contribution >= 4 is 44.1 Å². The first-order valence-corrected chi connectivity index (χ1v) is 11.0. The van der Waals surface area contributed by atoms with E-state index in [1.54, 1.807) is 37.3 Å². The number of aromatic nitrogens is 1. The van der Waals surface area contributed by atoms with Gasteiger partial charge in [0.15, 0.2) is 9.84 Å². The molecule has 0 spiro atoms. The molecule has 5 nitrogen and oxygen atoms in total. The molecule has 0 bridgehead atoms. The second-order valence-corrected chi connectivity index (χ2v) is 9.38. The molecule has 0 aliphatic rings. The molecular formula is C17H16N2O3S3. The van der Waals surface area contributed by atoms with E-state index in [0.717, 1.165) is 10.6 Å². The molecule has 130 valence electrons. The lowest BCUT2D eigenvalue weighted by Crippen LogP contribution is -2.11. The van der Waals surface area contributed by atoms with E-state index in [1.807, 2.05) is 16.8 Å². The van der Waals surface area contributed by atoms with E-state index in [9.17, 15) is 13.2 Å². The first kappa shape index (κ1) is 17.8. The van der Waals surface area contributed by atoms with Crippen molar-refractivity contribution < 1.29 is 13.2 Å². The fourth-order valence-corrected chi connectivity index (χ4v) is 4.77. The lowest BCUT2D eigenvalue weighted by atomic mass is 10.3. The highest BCUT2D eigenvalue weighted by Gasteiger charge is 2.17. The normalized spacial score (nSPS) is 11.4. The molecule has 8 heteroatoms. The zero-order chi connectivity index (χ0) is 18.0. The molecule has 3 aromatic rings. The number of thiazole rings is 1. The van der Waals surface area contributed by atoms with E-state index >= 15 is 0 Å². The molecule has 1 N–H and O–H groups in total. The second kappa shape index (κ2) is 7.07. The van der Waals surface area contributed by atoms with E-state index in [0.29, 0.717) is 16.3 Å². The molecule has 0 aliphatic heterocycles. The van der Waals surface area contributed by atoms with Crippen LogP contribution in [0.2, 0.25) is 0 Å². The van der Waals surface area contributed by atoms with E-state index in [2.05, 4.69) is 10.3 Å². The van der Waals surface area contributed by atoms with Gasteiger partial charge in [-0.2, -0.15) is 11.3 Å². The summed E-state index contributed by atoms with van der Waals surface area (Å²) in [6, 6.07) is 8.17. The highest BCUT2D eigenvalue weighted by atomic mass is 32.2. The van der Waals surface area contributed by atoms with Crippen LogP contribution in [0.1, 0.15) is 22.3 Å². The van der Waals surface area contributed by atoms with Crippen LogP contribution < -0.4 is 5.32 Å². The third-order valence-electron chi connectivity index (χ3n) is 3.62. The van der Waals surface area contributed by atoms with Gasteiger partial charge >= 0.3 is 0 Å². The SMILES string of the molecule is CCS(=O)(=O)c1ccc(NC(=O)c2sc(-c3ccsc3)nc2C)cc1. The smallest absolute Gasteiger partial charge is 0.267 e. The molecule has 0 saturated carbocycles. The summed E-state index contributed by atoms with van der Waals surface area (Å²) in [5, 5.41) is 7.57. The summed E-state index contributed by atoms with van der Waals surface area (Å²) in [5.41, 5.74) is 2.23. The fourth-order valence-electron chi connectivity index (χ4n) is 2.22. The van der Waals surface area contributed by atoms with Crippen LogP contribution in [0, 0.1) is 6.92 Å². The Balaban J connectivity index is 1.79. The molecule has 1 amide bonds. The van der Waals surface area contributed by atoms with Crippen LogP contribution in [0.5, 0.6) is 0 Å². The summed E-state index contributed by atoms with van der Waals surface area (Å²) in [4.78, 5) is 17.8. The minimum absolute atomic E-state index is 0.0458. The number of carbonyl (C=O) groups is 1. The average Bonchev–Trinajstić information content (AvgIpc) is 3.24. The Morgan fingerprint density at radius 1 is 1.20 bits per heavy atom. The number of thiophene rings is 1. The molecule has 0 atom stereocenters. The number of nitrogens with zero attached hydrogens (tertiary/aromatic N) is 1. The van der Waals surface area contributed by atoms with Gasteiger partial charge in [0.2, 0.25) is 0 Å². The van der Waals surface area contributed by atoms with Crippen LogP contribution in [0.15, 0.2) is 46.0 Å². The minimum Gasteiger partial charge on any atom is -0.321 e. The van der Waals surface area contributed by atoms with Gasteiger partial charge in [-0.25, -0.2) is 13.4 Å². The quantitative estimate of drug-likeness (QED) is 0.705. The highest BCUT2D eigenvalue weighted by Crippen LogP contribution is 2.30. The average molecular weight is 393 g/mol. The third-order valence-corrected chi connectivity index (χ3v) is 7.26. The summed E-state index contributed by atoms with van der Waals surface area (Å²) in [6.07, 6.45) is 0. The van der Waals surface area contributed by atoms with E-state index < -0.39 is 9.84 Å². The standard InChI is InChI=1S/C17H16N2O3S3/c1-3-25(21,22)14-6-4-13(5-7-14)19-16(20)15-11(2)18-17(24-15)12-8-9-23-10-12/h4-10H,3H2,1-2H3,(H,19,20). The third kappa shape index (κ3) is 3.81. The number of carbonyl (C=O) groups excluding carboxylic acids is 1. The molecule has 3 rings (SSSR count). The molecule has 0 aliphatic carbocycles. The molecule has 1 aromatic carbocycles. The molecule has 2 aromatic heterocycles. The minimum atomic E-state index is -3.24. The van der Waals surface area contributed by atoms with Gasteiger partial charge in [0.05, 0.1) is 16.3 Å². The number of amides is 1. The lowest BCUT2D eigenvalue weighted by molar-refractivity contribution is 0.103. The number of nitrogens with one attached hydrogen (secondary N) is 1. The van der Waals surface area contributed by atoms with Gasteiger partial charge in [-0.05, 0) is 42.6 Å². The van der Waals surface area contributed by atoms with Crippen LogP contribution in [0.4, 0.5) is 5.69 Å². The monoisotopic (exact) mass is 392 g/mol. The predicted octanol–water partition coefficient (Wildman–Crippen LogP) is 4.23. The van der Waals surface area contributed by atoms with Gasteiger partial charge < -0.3 is 5.32 Å². The van der Waals surface area contributed by atoms with Crippen LogP contribution in [0.25, 0.3) is 10.6 Å². The zero-order valence-corrected chi connectivity index (χ0v) is 16.1. The van der Waals surface area contributed by atoms with Crippen LogP contribution in [-0.4, -0.2) is 25.1 Å². The van der Waals surface area contributed by atoms with Crippen molar-refractivity contribution in [3.63, 3.8) is 0 Å². The zero-order valence-electron chi connectivity index (χ0n) is 13.6. The molecular weight excluding hydrogens is 376 g/mol. The molecule has 0 radical (unpaired) electrons. The van der Waals surface area contributed by atoms with Gasteiger partial charge in [0.1, 0.15) is 9.88 Å². The maximum atomic E-state index is 12.5. The Hall–Kier alpha value is -2.03. The Bertz CT molecular complexity index is 988. The highest BCUT2D eigenvalue weighted by molar-refractivity contribution is 7.91. The molecule has 0 saturated heterocycles. The van der Waals surface area contributed by atoms with Crippen molar-refractivity contribution in [1.29, 1.82) is 0 Å². The van der Waals surface area contributed by atoms with Crippen molar-refractivity contribution in [2.75, 3.05) is 11.1 Å². The topological polar surface area (TPSA) is 76.1 Å². The van der Waals surface area contributed by atoms with E-state index in [4.69, 9.17) is 0 Å². The number of rotatable bonds is 5. The molecule has 0 fully saturated rings.